The van der Waals surface area contributed by atoms with E-state index >= 15 is 0 Å². The third-order valence-corrected chi connectivity index (χ3v) is 7.13. The lowest BCUT2D eigenvalue weighted by molar-refractivity contribution is -0.141. The normalized spacial score (nSPS) is 15.2. The predicted molar refractivity (Wildman–Crippen MR) is 140 cm³/mol. The molecule has 184 valence electrons. The van der Waals surface area contributed by atoms with Gasteiger partial charge in [-0.1, -0.05) is 88.0 Å². The molecule has 34 heavy (non-hydrogen) atoms. The van der Waals surface area contributed by atoms with Crippen LogP contribution in [-0.2, 0) is 22.6 Å². The van der Waals surface area contributed by atoms with E-state index in [9.17, 15) is 9.59 Å². The lowest BCUT2D eigenvalue weighted by Gasteiger charge is -2.33. The van der Waals surface area contributed by atoms with Crippen LogP contribution in [0.3, 0.4) is 0 Å². The van der Waals surface area contributed by atoms with Crippen LogP contribution in [0.4, 0.5) is 0 Å². The van der Waals surface area contributed by atoms with Gasteiger partial charge in [0.15, 0.2) is 0 Å². The molecule has 1 atom stereocenters. The molecule has 0 radical (unpaired) electrons. The summed E-state index contributed by atoms with van der Waals surface area (Å²) in [5, 5.41) is 3.90. The van der Waals surface area contributed by atoms with Crippen LogP contribution in [0.2, 0.25) is 5.02 Å². The number of nitrogens with zero attached hydrogens (tertiary/aromatic N) is 1. The number of nitrogens with one attached hydrogen (secondary N) is 1. The van der Waals surface area contributed by atoms with Crippen molar-refractivity contribution in [2.45, 2.75) is 96.7 Å². The minimum Gasteiger partial charge on any atom is -0.352 e. The fourth-order valence-corrected chi connectivity index (χ4v) is 4.84. The molecule has 0 aliphatic heterocycles. The van der Waals surface area contributed by atoms with Crippen LogP contribution in [0.1, 0.15) is 88.3 Å². The van der Waals surface area contributed by atoms with E-state index < -0.39 is 6.04 Å². The fourth-order valence-electron chi connectivity index (χ4n) is 4.71. The van der Waals surface area contributed by atoms with Gasteiger partial charge >= 0.3 is 0 Å². The number of carbonyl (C=O) groups excluding carboxylic acids is 2. The van der Waals surface area contributed by atoms with Crippen molar-refractivity contribution in [1.29, 1.82) is 0 Å². The van der Waals surface area contributed by atoms with Crippen LogP contribution < -0.4 is 5.32 Å². The van der Waals surface area contributed by atoms with E-state index in [2.05, 4.69) is 43.4 Å². The molecular weight excluding hydrogens is 444 g/mol. The number of carbonyl (C=O) groups is 2. The maximum atomic E-state index is 13.5. The van der Waals surface area contributed by atoms with E-state index in [1.807, 2.05) is 31.2 Å². The van der Waals surface area contributed by atoms with Crippen molar-refractivity contribution in [1.82, 2.24) is 10.2 Å². The number of halogens is 1. The average molecular weight is 483 g/mol. The van der Waals surface area contributed by atoms with Crippen LogP contribution in [0.15, 0.2) is 48.5 Å². The first-order chi connectivity index (χ1) is 16.4. The summed E-state index contributed by atoms with van der Waals surface area (Å²) in [5.74, 6) is 0.463. The second-order valence-electron chi connectivity index (χ2n) is 9.81. The number of rotatable bonds is 10. The number of hydrogen-bond donors (Lipinski definition) is 1. The Morgan fingerprint density at radius 1 is 0.971 bits per heavy atom. The third-order valence-electron chi connectivity index (χ3n) is 6.88. The van der Waals surface area contributed by atoms with Crippen molar-refractivity contribution < 1.29 is 9.59 Å². The summed E-state index contributed by atoms with van der Waals surface area (Å²) in [6.45, 7) is 6.74. The molecule has 1 unspecified atom stereocenters. The number of amides is 2. The van der Waals surface area contributed by atoms with Crippen molar-refractivity contribution in [2.75, 3.05) is 0 Å². The van der Waals surface area contributed by atoms with Gasteiger partial charge in [0.1, 0.15) is 6.04 Å². The Labute approximate surface area is 210 Å². The molecule has 0 saturated heterocycles. The van der Waals surface area contributed by atoms with Gasteiger partial charge in [-0.05, 0) is 60.4 Å². The van der Waals surface area contributed by atoms with Gasteiger partial charge in [0.2, 0.25) is 11.8 Å². The van der Waals surface area contributed by atoms with Crippen molar-refractivity contribution in [3.63, 3.8) is 0 Å². The summed E-state index contributed by atoms with van der Waals surface area (Å²) in [7, 11) is 0. The van der Waals surface area contributed by atoms with E-state index in [0.717, 1.165) is 36.8 Å². The summed E-state index contributed by atoms with van der Waals surface area (Å²) in [5.41, 5.74) is 3.41. The zero-order valence-electron chi connectivity index (χ0n) is 20.9. The van der Waals surface area contributed by atoms with Gasteiger partial charge in [0, 0.05) is 24.0 Å². The van der Waals surface area contributed by atoms with E-state index in [1.165, 1.54) is 12.0 Å². The summed E-state index contributed by atoms with van der Waals surface area (Å²) in [6, 6.07) is 15.8. The molecule has 0 aromatic heterocycles. The molecule has 1 fully saturated rings. The first kappa shape index (κ1) is 26.3. The Hall–Kier alpha value is -2.33. The van der Waals surface area contributed by atoms with Crippen molar-refractivity contribution in [3.05, 3.63) is 70.2 Å². The summed E-state index contributed by atoms with van der Waals surface area (Å²) in [4.78, 5) is 28.5. The molecule has 2 aromatic carbocycles. The number of aryl methyl sites for hydroxylation is 1. The molecule has 5 heteroatoms. The predicted octanol–water partition coefficient (Wildman–Crippen LogP) is 6.65. The first-order valence-corrected chi connectivity index (χ1v) is 13.2. The molecular formula is C29H39ClN2O2. The smallest absolute Gasteiger partial charge is 0.243 e. The monoisotopic (exact) mass is 482 g/mol. The van der Waals surface area contributed by atoms with Crippen molar-refractivity contribution >= 4 is 23.4 Å². The summed E-state index contributed by atoms with van der Waals surface area (Å²) >= 11 is 6.06. The topological polar surface area (TPSA) is 49.4 Å². The summed E-state index contributed by atoms with van der Waals surface area (Å²) in [6.07, 6.45) is 7.23. The second-order valence-corrected chi connectivity index (χ2v) is 10.2. The van der Waals surface area contributed by atoms with E-state index in [0.29, 0.717) is 36.7 Å². The molecule has 1 saturated carbocycles. The van der Waals surface area contributed by atoms with Gasteiger partial charge < -0.3 is 10.2 Å². The van der Waals surface area contributed by atoms with E-state index in [1.54, 1.807) is 4.90 Å². The number of hydrogen-bond acceptors (Lipinski definition) is 2. The average Bonchev–Trinajstić information content (AvgIpc) is 2.84. The Kier molecular flexibility index (Phi) is 10.0. The summed E-state index contributed by atoms with van der Waals surface area (Å²) < 4.78 is 0. The Balaban J connectivity index is 1.73. The highest BCUT2D eigenvalue weighted by Gasteiger charge is 2.30. The lowest BCUT2D eigenvalue weighted by Crippen LogP contribution is -2.51. The molecule has 1 N–H and O–H groups in total. The Morgan fingerprint density at radius 2 is 1.59 bits per heavy atom. The fraction of sp³-hybridized carbons (Fsp3) is 0.517. The molecule has 0 bridgehead atoms. The third kappa shape index (κ3) is 7.59. The SMILES string of the molecule is CCC(C(=O)NC1CCCCC1)N(Cc1ccc(Cl)cc1)C(=O)CCc1ccc(C(C)C)cc1. The van der Waals surface area contributed by atoms with Gasteiger partial charge in [-0.2, -0.15) is 0 Å². The lowest BCUT2D eigenvalue weighted by atomic mass is 9.95. The second kappa shape index (κ2) is 12.9. The molecule has 1 aliphatic carbocycles. The highest BCUT2D eigenvalue weighted by atomic mass is 35.5. The van der Waals surface area contributed by atoms with Crippen molar-refractivity contribution in [2.24, 2.45) is 0 Å². The minimum atomic E-state index is -0.478. The first-order valence-electron chi connectivity index (χ1n) is 12.8. The van der Waals surface area contributed by atoms with Crippen LogP contribution in [-0.4, -0.2) is 28.8 Å². The number of benzene rings is 2. The zero-order chi connectivity index (χ0) is 24.5. The highest BCUT2D eigenvalue weighted by Crippen LogP contribution is 2.21. The minimum absolute atomic E-state index is 0.00790. The van der Waals surface area contributed by atoms with Gasteiger partial charge in [-0.25, -0.2) is 0 Å². The molecule has 3 rings (SSSR count). The van der Waals surface area contributed by atoms with Gasteiger partial charge in [0.25, 0.3) is 0 Å². The van der Waals surface area contributed by atoms with Crippen LogP contribution in [0.5, 0.6) is 0 Å². The maximum absolute atomic E-state index is 13.5. The standard InChI is InChI=1S/C29H39ClN2O2/c1-4-27(29(34)31-26-8-6-5-7-9-26)32(20-23-12-17-25(30)18-13-23)28(33)19-14-22-10-15-24(16-11-22)21(2)3/h10-13,15-18,21,26-27H,4-9,14,19-20H2,1-3H3,(H,31,34). The quantitative estimate of drug-likeness (QED) is 0.412. The van der Waals surface area contributed by atoms with Crippen molar-refractivity contribution in [3.8, 4) is 0 Å². The molecule has 0 spiro atoms. The maximum Gasteiger partial charge on any atom is 0.243 e. The molecule has 0 heterocycles. The zero-order valence-corrected chi connectivity index (χ0v) is 21.6. The molecule has 2 amide bonds. The van der Waals surface area contributed by atoms with Gasteiger partial charge in [0.05, 0.1) is 0 Å². The Bertz CT molecular complexity index is 918. The van der Waals surface area contributed by atoms with Crippen LogP contribution in [0, 0.1) is 0 Å². The molecule has 4 nitrogen and oxygen atoms in total. The Morgan fingerprint density at radius 3 is 2.18 bits per heavy atom. The molecule has 1 aliphatic rings. The van der Waals surface area contributed by atoms with E-state index in [-0.39, 0.29) is 17.9 Å². The highest BCUT2D eigenvalue weighted by molar-refractivity contribution is 6.30. The van der Waals surface area contributed by atoms with E-state index in [4.69, 9.17) is 11.6 Å². The van der Waals surface area contributed by atoms with Crippen LogP contribution in [0.25, 0.3) is 0 Å². The largest absolute Gasteiger partial charge is 0.352 e. The van der Waals surface area contributed by atoms with Gasteiger partial charge in [-0.3, -0.25) is 9.59 Å². The molecule has 2 aromatic rings. The van der Waals surface area contributed by atoms with Crippen LogP contribution >= 0.6 is 11.6 Å². The van der Waals surface area contributed by atoms with Gasteiger partial charge in [-0.15, -0.1) is 0 Å².